The van der Waals surface area contributed by atoms with Crippen LogP contribution in [0.1, 0.15) is 35.1 Å². The fraction of sp³-hybridized carbons (Fsp3) is 0.412. The third-order valence-electron chi connectivity index (χ3n) is 3.93. The molecule has 3 rings (SSSR count). The van der Waals surface area contributed by atoms with Crippen molar-refractivity contribution < 1.29 is 9.59 Å². The monoisotopic (exact) mass is 376 g/mol. The minimum atomic E-state index is -0.226. The standard InChI is InChI=1S/C17H20N4O2S2/c1-2-14-19-20-17(25-14)18-16(23)12-7-3-4-8-13(12)24-11-15(22)21-9-5-6-10-21/h3-4,7-8H,2,5-6,9-11H2,1H3,(H,18,20,23). The van der Waals surface area contributed by atoms with Gasteiger partial charge >= 0.3 is 0 Å². The van der Waals surface area contributed by atoms with Gasteiger partial charge < -0.3 is 4.90 Å². The first-order valence-corrected chi connectivity index (χ1v) is 10.1. The van der Waals surface area contributed by atoms with E-state index in [1.807, 2.05) is 30.0 Å². The zero-order chi connectivity index (χ0) is 17.6. The predicted molar refractivity (Wildman–Crippen MR) is 100 cm³/mol. The van der Waals surface area contributed by atoms with Crippen molar-refractivity contribution in [2.75, 3.05) is 24.2 Å². The molecule has 2 aromatic rings. The van der Waals surface area contributed by atoms with Crippen LogP contribution in [0.3, 0.4) is 0 Å². The van der Waals surface area contributed by atoms with E-state index >= 15 is 0 Å². The smallest absolute Gasteiger partial charge is 0.258 e. The van der Waals surface area contributed by atoms with Crippen LogP contribution in [-0.2, 0) is 11.2 Å². The van der Waals surface area contributed by atoms with Crippen molar-refractivity contribution in [1.29, 1.82) is 0 Å². The Kier molecular flexibility index (Phi) is 6.04. The second-order valence-corrected chi connectivity index (χ2v) is 7.76. The van der Waals surface area contributed by atoms with Gasteiger partial charge in [-0.2, -0.15) is 0 Å². The summed E-state index contributed by atoms with van der Waals surface area (Å²) in [4.78, 5) is 27.5. The maximum Gasteiger partial charge on any atom is 0.258 e. The Labute approximate surface area is 155 Å². The fourth-order valence-electron chi connectivity index (χ4n) is 2.59. The van der Waals surface area contributed by atoms with E-state index in [-0.39, 0.29) is 11.8 Å². The topological polar surface area (TPSA) is 75.2 Å². The minimum absolute atomic E-state index is 0.134. The zero-order valence-corrected chi connectivity index (χ0v) is 15.7. The average Bonchev–Trinajstić information content (AvgIpc) is 3.31. The lowest BCUT2D eigenvalue weighted by Crippen LogP contribution is -2.29. The fourth-order valence-corrected chi connectivity index (χ4v) is 4.22. The molecule has 2 heterocycles. The van der Waals surface area contributed by atoms with Gasteiger partial charge in [0.2, 0.25) is 11.0 Å². The molecular weight excluding hydrogens is 356 g/mol. The number of aryl methyl sites for hydroxylation is 1. The highest BCUT2D eigenvalue weighted by atomic mass is 32.2. The van der Waals surface area contributed by atoms with Crippen LogP contribution < -0.4 is 5.32 Å². The molecule has 1 aromatic carbocycles. The Morgan fingerprint density at radius 1 is 1.24 bits per heavy atom. The molecule has 1 fully saturated rings. The Morgan fingerprint density at radius 2 is 2.00 bits per heavy atom. The summed E-state index contributed by atoms with van der Waals surface area (Å²) in [6.07, 6.45) is 2.95. The lowest BCUT2D eigenvalue weighted by Gasteiger charge is -2.15. The molecule has 0 spiro atoms. The first-order chi connectivity index (χ1) is 12.2. The Morgan fingerprint density at radius 3 is 2.72 bits per heavy atom. The molecule has 2 amide bonds. The number of hydrogen-bond donors (Lipinski definition) is 1. The van der Waals surface area contributed by atoms with Crippen molar-refractivity contribution in [1.82, 2.24) is 15.1 Å². The van der Waals surface area contributed by atoms with E-state index in [0.29, 0.717) is 16.4 Å². The van der Waals surface area contributed by atoms with E-state index in [1.54, 1.807) is 6.07 Å². The summed E-state index contributed by atoms with van der Waals surface area (Å²) in [5.41, 5.74) is 0.551. The van der Waals surface area contributed by atoms with Crippen molar-refractivity contribution in [2.45, 2.75) is 31.1 Å². The van der Waals surface area contributed by atoms with Gasteiger partial charge in [-0.05, 0) is 31.4 Å². The van der Waals surface area contributed by atoms with Gasteiger partial charge in [0.05, 0.1) is 11.3 Å². The minimum Gasteiger partial charge on any atom is -0.342 e. The zero-order valence-electron chi connectivity index (χ0n) is 14.0. The summed E-state index contributed by atoms with van der Waals surface area (Å²) in [5.74, 6) is 0.258. The van der Waals surface area contributed by atoms with Crippen LogP contribution in [0.25, 0.3) is 0 Å². The number of aromatic nitrogens is 2. The number of amides is 2. The van der Waals surface area contributed by atoms with Gasteiger partial charge in [-0.15, -0.1) is 22.0 Å². The molecule has 0 radical (unpaired) electrons. The summed E-state index contributed by atoms with van der Waals surface area (Å²) in [7, 11) is 0. The molecule has 0 unspecified atom stereocenters. The quantitative estimate of drug-likeness (QED) is 0.784. The SMILES string of the molecule is CCc1nnc(NC(=O)c2ccccc2SCC(=O)N2CCCC2)s1. The van der Waals surface area contributed by atoms with Crippen LogP contribution in [0.4, 0.5) is 5.13 Å². The summed E-state index contributed by atoms with van der Waals surface area (Å²) in [6, 6.07) is 7.33. The maximum atomic E-state index is 12.6. The Balaban J connectivity index is 1.65. The second kappa shape index (κ2) is 8.44. The normalized spacial score (nSPS) is 13.9. The third-order valence-corrected chi connectivity index (χ3v) is 5.97. The van der Waals surface area contributed by atoms with E-state index in [9.17, 15) is 9.59 Å². The largest absolute Gasteiger partial charge is 0.342 e. The first kappa shape index (κ1) is 17.9. The lowest BCUT2D eigenvalue weighted by molar-refractivity contribution is -0.127. The molecule has 1 aromatic heterocycles. The van der Waals surface area contributed by atoms with Gasteiger partial charge in [0.25, 0.3) is 5.91 Å². The molecule has 8 heteroatoms. The predicted octanol–water partition coefficient (Wildman–Crippen LogP) is 3.07. The van der Waals surface area contributed by atoms with Crippen LogP contribution in [0.5, 0.6) is 0 Å². The molecule has 25 heavy (non-hydrogen) atoms. The van der Waals surface area contributed by atoms with Crippen LogP contribution in [-0.4, -0.2) is 45.8 Å². The van der Waals surface area contributed by atoms with E-state index in [2.05, 4.69) is 15.5 Å². The molecule has 0 saturated carbocycles. The molecule has 1 N–H and O–H groups in total. The molecule has 0 bridgehead atoms. The third kappa shape index (κ3) is 4.58. The highest BCUT2D eigenvalue weighted by Crippen LogP contribution is 2.25. The van der Waals surface area contributed by atoms with E-state index in [1.165, 1.54) is 23.1 Å². The van der Waals surface area contributed by atoms with E-state index in [4.69, 9.17) is 0 Å². The maximum absolute atomic E-state index is 12.6. The number of carbonyl (C=O) groups excluding carboxylic acids is 2. The van der Waals surface area contributed by atoms with Crippen molar-refractivity contribution in [3.05, 3.63) is 34.8 Å². The van der Waals surface area contributed by atoms with Gasteiger partial charge in [0, 0.05) is 18.0 Å². The summed E-state index contributed by atoms with van der Waals surface area (Å²) < 4.78 is 0. The van der Waals surface area contributed by atoms with Gasteiger partial charge in [0.15, 0.2) is 0 Å². The Hall–Kier alpha value is -1.93. The van der Waals surface area contributed by atoms with Gasteiger partial charge in [-0.25, -0.2) is 0 Å². The first-order valence-electron chi connectivity index (χ1n) is 8.30. The van der Waals surface area contributed by atoms with Gasteiger partial charge in [-0.3, -0.25) is 14.9 Å². The van der Waals surface area contributed by atoms with Crippen LogP contribution >= 0.6 is 23.1 Å². The summed E-state index contributed by atoms with van der Waals surface area (Å²) >= 11 is 2.78. The van der Waals surface area contributed by atoms with Crippen LogP contribution in [0, 0.1) is 0 Å². The molecule has 6 nitrogen and oxygen atoms in total. The highest BCUT2D eigenvalue weighted by molar-refractivity contribution is 8.00. The van der Waals surface area contributed by atoms with Crippen molar-refractivity contribution in [2.24, 2.45) is 0 Å². The molecule has 132 valence electrons. The second-order valence-electron chi connectivity index (χ2n) is 5.68. The van der Waals surface area contributed by atoms with Crippen molar-refractivity contribution in [3.8, 4) is 0 Å². The van der Waals surface area contributed by atoms with E-state index in [0.717, 1.165) is 42.3 Å². The number of nitrogens with one attached hydrogen (secondary N) is 1. The number of rotatable bonds is 6. The molecular formula is C17H20N4O2S2. The summed E-state index contributed by atoms with van der Waals surface area (Å²) in [6.45, 7) is 3.69. The number of anilines is 1. The highest BCUT2D eigenvalue weighted by Gasteiger charge is 2.19. The molecule has 1 aliphatic heterocycles. The van der Waals surface area contributed by atoms with Gasteiger partial charge in [-0.1, -0.05) is 30.4 Å². The number of carbonyl (C=O) groups is 2. The van der Waals surface area contributed by atoms with Crippen LogP contribution in [0.15, 0.2) is 29.2 Å². The number of hydrogen-bond acceptors (Lipinski definition) is 6. The number of benzene rings is 1. The summed E-state index contributed by atoms with van der Waals surface area (Å²) in [5, 5.41) is 12.2. The van der Waals surface area contributed by atoms with Crippen molar-refractivity contribution in [3.63, 3.8) is 0 Å². The van der Waals surface area contributed by atoms with Crippen LogP contribution in [0.2, 0.25) is 0 Å². The van der Waals surface area contributed by atoms with E-state index < -0.39 is 0 Å². The number of nitrogens with zero attached hydrogens (tertiary/aromatic N) is 3. The molecule has 1 aliphatic rings. The Bertz CT molecular complexity index is 757. The number of thioether (sulfide) groups is 1. The van der Waals surface area contributed by atoms with Crippen molar-refractivity contribution >= 4 is 40.0 Å². The molecule has 1 saturated heterocycles. The van der Waals surface area contributed by atoms with Gasteiger partial charge in [0.1, 0.15) is 5.01 Å². The average molecular weight is 377 g/mol. The molecule has 0 atom stereocenters. The number of likely N-dealkylation sites (tertiary alicyclic amines) is 1. The lowest BCUT2D eigenvalue weighted by atomic mass is 10.2. The molecule has 0 aliphatic carbocycles.